The molecule has 2 aliphatic rings. The second-order valence-electron chi connectivity index (χ2n) is 7.38. The van der Waals surface area contributed by atoms with Gasteiger partial charge in [0.25, 0.3) is 0 Å². The molecule has 2 aliphatic heterocycles. The standard InChI is InChI=1S/C21H26N4O2/c1-15-4-2-3-5-16(15)12-20(26)23-18-6-9-25(10-7-18)21-22-13-17-14-27-11-8-19(17)24-21/h2-5,13,18H,6-12,14H2,1H3,(H,23,26). The minimum Gasteiger partial charge on any atom is -0.376 e. The van der Waals surface area contributed by atoms with E-state index in [1.54, 1.807) is 0 Å². The number of ether oxygens (including phenoxy) is 1. The molecule has 0 saturated carbocycles. The minimum absolute atomic E-state index is 0.104. The molecule has 0 spiro atoms. The monoisotopic (exact) mass is 366 g/mol. The Hall–Kier alpha value is -2.47. The van der Waals surface area contributed by atoms with E-state index in [4.69, 9.17) is 9.72 Å². The van der Waals surface area contributed by atoms with E-state index in [1.807, 2.05) is 37.4 Å². The fourth-order valence-electron chi connectivity index (χ4n) is 3.76. The quantitative estimate of drug-likeness (QED) is 0.898. The Morgan fingerprint density at radius 3 is 2.93 bits per heavy atom. The summed E-state index contributed by atoms with van der Waals surface area (Å²) in [6.07, 6.45) is 5.04. The number of amides is 1. The first kappa shape index (κ1) is 17.9. The van der Waals surface area contributed by atoms with Crippen LogP contribution in [0.3, 0.4) is 0 Å². The molecule has 6 nitrogen and oxygen atoms in total. The summed E-state index contributed by atoms with van der Waals surface area (Å²) in [6, 6.07) is 8.28. The number of hydrogen-bond acceptors (Lipinski definition) is 5. The number of carbonyl (C=O) groups excluding carboxylic acids is 1. The molecule has 142 valence electrons. The molecule has 1 aromatic carbocycles. The van der Waals surface area contributed by atoms with E-state index in [9.17, 15) is 4.79 Å². The van der Waals surface area contributed by atoms with Gasteiger partial charge in [0, 0.05) is 37.3 Å². The third-order valence-electron chi connectivity index (χ3n) is 5.44. The SMILES string of the molecule is Cc1ccccc1CC(=O)NC1CCN(c2ncc3c(n2)CCOC3)CC1. The lowest BCUT2D eigenvalue weighted by molar-refractivity contribution is -0.121. The maximum atomic E-state index is 12.4. The summed E-state index contributed by atoms with van der Waals surface area (Å²) in [5.74, 6) is 0.910. The Morgan fingerprint density at radius 2 is 2.11 bits per heavy atom. The number of piperidine rings is 1. The van der Waals surface area contributed by atoms with Crippen molar-refractivity contribution in [1.29, 1.82) is 0 Å². The summed E-state index contributed by atoms with van der Waals surface area (Å²) >= 11 is 0. The molecule has 0 bridgehead atoms. The van der Waals surface area contributed by atoms with Crippen LogP contribution < -0.4 is 10.2 Å². The van der Waals surface area contributed by atoms with Gasteiger partial charge in [-0.3, -0.25) is 4.79 Å². The van der Waals surface area contributed by atoms with Gasteiger partial charge in [-0.05, 0) is 30.9 Å². The highest BCUT2D eigenvalue weighted by atomic mass is 16.5. The van der Waals surface area contributed by atoms with Gasteiger partial charge in [0.1, 0.15) is 0 Å². The minimum atomic E-state index is 0.104. The van der Waals surface area contributed by atoms with Crippen LogP contribution in [0.15, 0.2) is 30.5 Å². The molecule has 1 N–H and O–H groups in total. The van der Waals surface area contributed by atoms with E-state index in [0.717, 1.165) is 67.3 Å². The molecule has 1 fully saturated rings. The highest BCUT2D eigenvalue weighted by molar-refractivity contribution is 5.79. The van der Waals surface area contributed by atoms with Crippen LogP contribution in [0, 0.1) is 6.92 Å². The van der Waals surface area contributed by atoms with Crippen molar-refractivity contribution in [3.8, 4) is 0 Å². The number of hydrogen-bond donors (Lipinski definition) is 1. The van der Waals surface area contributed by atoms with Crippen molar-refractivity contribution in [2.24, 2.45) is 0 Å². The average molecular weight is 366 g/mol. The number of benzene rings is 1. The van der Waals surface area contributed by atoms with Gasteiger partial charge >= 0.3 is 0 Å². The zero-order chi connectivity index (χ0) is 18.6. The molecule has 2 aromatic rings. The largest absolute Gasteiger partial charge is 0.376 e. The fraction of sp³-hybridized carbons (Fsp3) is 0.476. The maximum absolute atomic E-state index is 12.4. The van der Waals surface area contributed by atoms with Gasteiger partial charge in [-0.15, -0.1) is 0 Å². The molecule has 1 amide bonds. The van der Waals surface area contributed by atoms with Crippen LogP contribution in [-0.4, -0.2) is 41.6 Å². The number of nitrogens with zero attached hydrogens (tertiary/aromatic N) is 3. The van der Waals surface area contributed by atoms with Gasteiger partial charge < -0.3 is 15.0 Å². The molecule has 1 saturated heterocycles. The second kappa shape index (κ2) is 8.05. The number of aromatic nitrogens is 2. The summed E-state index contributed by atoms with van der Waals surface area (Å²) in [5.41, 5.74) is 4.47. The van der Waals surface area contributed by atoms with Gasteiger partial charge in [-0.1, -0.05) is 24.3 Å². The summed E-state index contributed by atoms with van der Waals surface area (Å²) < 4.78 is 5.45. The molecule has 0 atom stereocenters. The van der Waals surface area contributed by atoms with Crippen molar-refractivity contribution < 1.29 is 9.53 Å². The lowest BCUT2D eigenvalue weighted by Crippen LogP contribution is -2.45. The Bertz CT molecular complexity index is 816. The zero-order valence-corrected chi connectivity index (χ0v) is 15.8. The predicted molar refractivity (Wildman–Crippen MR) is 104 cm³/mol. The lowest BCUT2D eigenvalue weighted by atomic mass is 10.0. The molecule has 6 heteroatoms. The first-order chi connectivity index (χ1) is 13.2. The van der Waals surface area contributed by atoms with Crippen molar-refractivity contribution in [3.05, 3.63) is 52.8 Å². The zero-order valence-electron chi connectivity index (χ0n) is 15.8. The Balaban J connectivity index is 1.30. The first-order valence-electron chi connectivity index (χ1n) is 9.70. The molecular weight excluding hydrogens is 340 g/mol. The molecular formula is C21H26N4O2. The van der Waals surface area contributed by atoms with Gasteiger partial charge in [-0.2, -0.15) is 0 Å². The molecule has 0 radical (unpaired) electrons. The van der Waals surface area contributed by atoms with Gasteiger partial charge in [-0.25, -0.2) is 9.97 Å². The highest BCUT2D eigenvalue weighted by Gasteiger charge is 2.23. The van der Waals surface area contributed by atoms with Crippen LogP contribution in [0.4, 0.5) is 5.95 Å². The predicted octanol–water partition coefficient (Wildman–Crippen LogP) is 2.19. The van der Waals surface area contributed by atoms with Crippen molar-refractivity contribution in [2.75, 3.05) is 24.6 Å². The van der Waals surface area contributed by atoms with Gasteiger partial charge in [0.05, 0.1) is 25.3 Å². The van der Waals surface area contributed by atoms with E-state index >= 15 is 0 Å². The number of carbonyl (C=O) groups is 1. The van der Waals surface area contributed by atoms with Crippen molar-refractivity contribution in [2.45, 2.75) is 45.3 Å². The third-order valence-corrected chi connectivity index (χ3v) is 5.44. The molecule has 0 aliphatic carbocycles. The molecule has 27 heavy (non-hydrogen) atoms. The molecule has 0 unspecified atom stereocenters. The molecule has 4 rings (SSSR count). The Kier molecular flexibility index (Phi) is 5.34. The van der Waals surface area contributed by atoms with Gasteiger partial charge in [0.2, 0.25) is 11.9 Å². The van der Waals surface area contributed by atoms with E-state index in [2.05, 4.69) is 15.2 Å². The van der Waals surface area contributed by atoms with E-state index < -0.39 is 0 Å². The summed E-state index contributed by atoms with van der Waals surface area (Å²) in [7, 11) is 0. The van der Waals surface area contributed by atoms with E-state index in [1.165, 1.54) is 0 Å². The number of fused-ring (bicyclic) bond motifs is 1. The van der Waals surface area contributed by atoms with E-state index in [0.29, 0.717) is 13.0 Å². The number of rotatable bonds is 4. The Labute approximate surface area is 160 Å². The molecule has 1 aromatic heterocycles. The van der Waals surface area contributed by atoms with Crippen LogP contribution in [-0.2, 0) is 29.0 Å². The summed E-state index contributed by atoms with van der Waals surface area (Å²) in [4.78, 5) is 23.9. The van der Waals surface area contributed by atoms with Crippen LogP contribution in [0.2, 0.25) is 0 Å². The van der Waals surface area contributed by atoms with Crippen molar-refractivity contribution in [1.82, 2.24) is 15.3 Å². The van der Waals surface area contributed by atoms with Crippen molar-refractivity contribution >= 4 is 11.9 Å². The number of aryl methyl sites for hydroxylation is 1. The second-order valence-corrected chi connectivity index (χ2v) is 7.38. The van der Waals surface area contributed by atoms with Crippen molar-refractivity contribution in [3.63, 3.8) is 0 Å². The Morgan fingerprint density at radius 1 is 1.30 bits per heavy atom. The number of nitrogens with one attached hydrogen (secondary N) is 1. The van der Waals surface area contributed by atoms with Gasteiger partial charge in [0.15, 0.2) is 0 Å². The van der Waals surface area contributed by atoms with E-state index in [-0.39, 0.29) is 11.9 Å². The maximum Gasteiger partial charge on any atom is 0.225 e. The normalized spacial score (nSPS) is 17.4. The first-order valence-corrected chi connectivity index (χ1v) is 9.70. The number of anilines is 1. The van der Waals surface area contributed by atoms with Crippen LogP contribution in [0.5, 0.6) is 0 Å². The molecule has 3 heterocycles. The smallest absolute Gasteiger partial charge is 0.225 e. The summed E-state index contributed by atoms with van der Waals surface area (Å²) in [6.45, 7) is 5.13. The average Bonchev–Trinajstić information content (AvgIpc) is 2.70. The van der Waals surface area contributed by atoms with Crippen LogP contribution >= 0.6 is 0 Å². The lowest BCUT2D eigenvalue weighted by Gasteiger charge is -2.33. The van der Waals surface area contributed by atoms with Crippen LogP contribution in [0.1, 0.15) is 35.2 Å². The van der Waals surface area contributed by atoms with Crippen LogP contribution in [0.25, 0.3) is 0 Å². The fourth-order valence-corrected chi connectivity index (χ4v) is 3.76. The summed E-state index contributed by atoms with van der Waals surface area (Å²) in [5, 5.41) is 3.19. The highest BCUT2D eigenvalue weighted by Crippen LogP contribution is 2.20. The topological polar surface area (TPSA) is 67.4 Å². The third kappa shape index (κ3) is 4.27.